The fourth-order valence-corrected chi connectivity index (χ4v) is 1.88. The molecule has 16 heavy (non-hydrogen) atoms. The van der Waals surface area contributed by atoms with E-state index < -0.39 is 0 Å². The summed E-state index contributed by atoms with van der Waals surface area (Å²) in [5.41, 5.74) is 3.13. The molecule has 2 aromatic heterocycles. The maximum Gasteiger partial charge on any atom is 0.137 e. The van der Waals surface area contributed by atoms with Crippen LogP contribution in [0.2, 0.25) is 0 Å². The van der Waals surface area contributed by atoms with Gasteiger partial charge in [0, 0.05) is 29.0 Å². The van der Waals surface area contributed by atoms with Gasteiger partial charge in [0.25, 0.3) is 0 Å². The lowest BCUT2D eigenvalue weighted by Gasteiger charge is -2.03. The normalized spacial score (nSPS) is 10.8. The third-order valence-electron chi connectivity index (χ3n) is 2.62. The molecule has 3 aromatic rings. The van der Waals surface area contributed by atoms with E-state index >= 15 is 0 Å². The van der Waals surface area contributed by atoms with Crippen LogP contribution in [0, 0.1) is 6.92 Å². The van der Waals surface area contributed by atoms with Gasteiger partial charge in [0.05, 0.1) is 5.52 Å². The molecule has 3 rings (SSSR count). The van der Waals surface area contributed by atoms with Crippen LogP contribution in [0.25, 0.3) is 22.3 Å². The molecule has 2 heterocycles. The molecule has 0 saturated heterocycles. The molecule has 0 atom stereocenters. The van der Waals surface area contributed by atoms with E-state index in [2.05, 4.69) is 27.1 Å². The summed E-state index contributed by atoms with van der Waals surface area (Å²) in [6.45, 7) is 2.00. The topological polar surface area (TPSA) is 41.6 Å². The Morgan fingerprint density at radius 3 is 2.88 bits per heavy atom. The zero-order valence-electron chi connectivity index (χ0n) is 8.94. The van der Waals surface area contributed by atoms with Gasteiger partial charge < -0.3 is 4.98 Å². The molecule has 0 spiro atoms. The first-order valence-corrected chi connectivity index (χ1v) is 5.21. The van der Waals surface area contributed by atoms with E-state index in [1.54, 1.807) is 6.20 Å². The average Bonchev–Trinajstić information content (AvgIpc) is 2.81. The van der Waals surface area contributed by atoms with E-state index in [-0.39, 0.29) is 0 Å². The number of fused-ring (bicyclic) bond motifs is 1. The molecule has 0 bridgehead atoms. The van der Waals surface area contributed by atoms with Crippen LogP contribution in [-0.2, 0) is 0 Å². The van der Waals surface area contributed by atoms with Crippen molar-refractivity contribution in [2.45, 2.75) is 6.92 Å². The van der Waals surface area contributed by atoms with Gasteiger partial charge in [-0.2, -0.15) is 0 Å². The number of aryl methyl sites for hydroxylation is 1. The molecule has 3 nitrogen and oxygen atoms in total. The summed E-state index contributed by atoms with van der Waals surface area (Å²) in [5, 5.41) is 1.13. The van der Waals surface area contributed by atoms with E-state index in [0.717, 1.165) is 28.0 Å². The molecule has 1 aromatic carbocycles. The predicted octanol–water partition coefficient (Wildman–Crippen LogP) is 2.93. The van der Waals surface area contributed by atoms with Crippen molar-refractivity contribution in [3.05, 3.63) is 48.4 Å². The summed E-state index contributed by atoms with van der Waals surface area (Å²) in [4.78, 5) is 11.9. The molecule has 0 fully saturated rings. The summed E-state index contributed by atoms with van der Waals surface area (Å²) >= 11 is 0. The van der Waals surface area contributed by atoms with E-state index in [1.165, 1.54) is 0 Å². The van der Waals surface area contributed by atoms with Gasteiger partial charge in [-0.15, -0.1) is 0 Å². The van der Waals surface area contributed by atoms with Crippen LogP contribution in [0.3, 0.4) is 0 Å². The lowest BCUT2D eigenvalue weighted by Crippen LogP contribution is -1.87. The number of imidazole rings is 1. The maximum absolute atomic E-state index is 4.50. The van der Waals surface area contributed by atoms with E-state index in [9.17, 15) is 0 Å². The Labute approximate surface area is 93.2 Å². The second-order valence-electron chi connectivity index (χ2n) is 3.76. The molecule has 0 unspecified atom stereocenters. The first kappa shape index (κ1) is 9.09. The number of rotatable bonds is 1. The number of aromatic amines is 1. The van der Waals surface area contributed by atoms with Crippen LogP contribution < -0.4 is 0 Å². The van der Waals surface area contributed by atoms with Crippen molar-refractivity contribution >= 4 is 10.9 Å². The third kappa shape index (κ3) is 1.37. The van der Waals surface area contributed by atoms with E-state index in [0.29, 0.717) is 0 Å². The number of nitrogens with zero attached hydrogens (tertiary/aromatic N) is 2. The SMILES string of the molecule is Cc1ccc2c(-c3ncc[nH]3)cccc2n1. The zero-order chi connectivity index (χ0) is 11.0. The number of aromatic nitrogens is 3. The Balaban J connectivity index is 2.34. The molecule has 0 saturated carbocycles. The smallest absolute Gasteiger partial charge is 0.137 e. The Bertz CT molecular complexity index is 627. The first-order valence-electron chi connectivity index (χ1n) is 5.21. The van der Waals surface area contributed by atoms with Crippen molar-refractivity contribution in [2.75, 3.05) is 0 Å². The van der Waals surface area contributed by atoms with Crippen LogP contribution in [0.15, 0.2) is 42.7 Å². The molecule has 1 N–H and O–H groups in total. The van der Waals surface area contributed by atoms with Gasteiger partial charge in [0.1, 0.15) is 5.82 Å². The summed E-state index contributed by atoms with van der Waals surface area (Å²) in [6, 6.07) is 10.2. The van der Waals surface area contributed by atoms with Crippen molar-refractivity contribution in [1.82, 2.24) is 15.0 Å². The average molecular weight is 209 g/mol. The summed E-state index contributed by atoms with van der Waals surface area (Å²) in [7, 11) is 0. The Hall–Kier alpha value is -2.16. The molecule has 3 heteroatoms. The predicted molar refractivity (Wildman–Crippen MR) is 64.1 cm³/mol. The minimum Gasteiger partial charge on any atom is -0.345 e. The number of hydrogen-bond acceptors (Lipinski definition) is 2. The highest BCUT2D eigenvalue weighted by Gasteiger charge is 2.05. The minimum absolute atomic E-state index is 0.885. The molecule has 0 aliphatic heterocycles. The van der Waals surface area contributed by atoms with Crippen molar-refractivity contribution in [3.63, 3.8) is 0 Å². The zero-order valence-corrected chi connectivity index (χ0v) is 8.94. The first-order chi connectivity index (χ1) is 7.84. The molecular formula is C13H11N3. The van der Waals surface area contributed by atoms with Gasteiger partial charge in [0.2, 0.25) is 0 Å². The fourth-order valence-electron chi connectivity index (χ4n) is 1.88. The Morgan fingerprint density at radius 1 is 1.12 bits per heavy atom. The maximum atomic E-state index is 4.50. The summed E-state index contributed by atoms with van der Waals surface area (Å²) < 4.78 is 0. The van der Waals surface area contributed by atoms with Crippen LogP contribution >= 0.6 is 0 Å². The van der Waals surface area contributed by atoms with E-state index in [4.69, 9.17) is 0 Å². The van der Waals surface area contributed by atoms with Crippen LogP contribution in [0.1, 0.15) is 5.69 Å². The second kappa shape index (κ2) is 3.45. The number of nitrogens with one attached hydrogen (secondary N) is 1. The van der Waals surface area contributed by atoms with Gasteiger partial charge in [-0.05, 0) is 19.1 Å². The molecular weight excluding hydrogens is 198 g/mol. The van der Waals surface area contributed by atoms with Gasteiger partial charge in [-0.3, -0.25) is 4.98 Å². The highest BCUT2D eigenvalue weighted by molar-refractivity contribution is 5.92. The monoisotopic (exact) mass is 209 g/mol. The van der Waals surface area contributed by atoms with Crippen LogP contribution in [-0.4, -0.2) is 15.0 Å². The van der Waals surface area contributed by atoms with Crippen molar-refractivity contribution < 1.29 is 0 Å². The van der Waals surface area contributed by atoms with Crippen molar-refractivity contribution in [3.8, 4) is 11.4 Å². The molecule has 78 valence electrons. The van der Waals surface area contributed by atoms with Gasteiger partial charge in [-0.1, -0.05) is 18.2 Å². The van der Waals surface area contributed by atoms with Crippen LogP contribution in [0.4, 0.5) is 0 Å². The Morgan fingerprint density at radius 2 is 2.06 bits per heavy atom. The standard InChI is InChI=1S/C13H11N3/c1-9-5-6-10-11(13-14-7-8-15-13)3-2-4-12(10)16-9/h2-8H,1H3,(H,14,15). The van der Waals surface area contributed by atoms with Gasteiger partial charge in [0.15, 0.2) is 0 Å². The number of benzene rings is 1. The minimum atomic E-state index is 0.885. The van der Waals surface area contributed by atoms with E-state index in [1.807, 2.05) is 31.3 Å². The molecule has 0 amide bonds. The second-order valence-corrected chi connectivity index (χ2v) is 3.76. The number of H-pyrrole nitrogens is 1. The molecule has 0 aliphatic carbocycles. The largest absolute Gasteiger partial charge is 0.345 e. The highest BCUT2D eigenvalue weighted by Crippen LogP contribution is 2.24. The quantitative estimate of drug-likeness (QED) is 0.669. The van der Waals surface area contributed by atoms with Crippen LogP contribution in [0.5, 0.6) is 0 Å². The van der Waals surface area contributed by atoms with Crippen molar-refractivity contribution in [2.24, 2.45) is 0 Å². The lowest BCUT2D eigenvalue weighted by atomic mass is 10.1. The van der Waals surface area contributed by atoms with Crippen molar-refractivity contribution in [1.29, 1.82) is 0 Å². The fraction of sp³-hybridized carbons (Fsp3) is 0.0769. The third-order valence-corrected chi connectivity index (χ3v) is 2.62. The molecule has 0 radical (unpaired) electrons. The summed E-state index contributed by atoms with van der Waals surface area (Å²) in [5.74, 6) is 0.885. The van der Waals surface area contributed by atoms with Gasteiger partial charge >= 0.3 is 0 Å². The summed E-state index contributed by atoms with van der Waals surface area (Å²) in [6.07, 6.45) is 3.59. The number of hydrogen-bond donors (Lipinski definition) is 1. The molecule has 0 aliphatic rings. The number of pyridine rings is 1. The lowest BCUT2D eigenvalue weighted by molar-refractivity contribution is 1.25. The Kier molecular flexibility index (Phi) is 1.96. The van der Waals surface area contributed by atoms with Gasteiger partial charge in [-0.25, -0.2) is 4.98 Å². The highest BCUT2D eigenvalue weighted by atomic mass is 14.9.